The molecule has 0 atom stereocenters. The van der Waals surface area contributed by atoms with Gasteiger partial charge in [-0.25, -0.2) is 4.68 Å². The van der Waals surface area contributed by atoms with Crippen molar-refractivity contribution in [2.75, 3.05) is 0 Å². The summed E-state index contributed by atoms with van der Waals surface area (Å²) in [6.45, 7) is 1.98. The predicted octanol–water partition coefficient (Wildman–Crippen LogP) is 2.21. The summed E-state index contributed by atoms with van der Waals surface area (Å²) < 4.78 is 1.56. The zero-order valence-corrected chi connectivity index (χ0v) is 11.5. The van der Waals surface area contributed by atoms with Crippen LogP contribution in [0, 0.1) is 6.92 Å². The molecular weight excluding hydrogens is 264 g/mol. The van der Waals surface area contributed by atoms with E-state index in [9.17, 15) is 9.90 Å². The summed E-state index contributed by atoms with van der Waals surface area (Å²) >= 11 is 0. The molecule has 1 aromatic heterocycles. The quantitative estimate of drug-likeness (QED) is 0.737. The number of para-hydroxylation sites is 1. The fraction of sp³-hybridized carbons (Fsp3) is 0.0588. The highest BCUT2D eigenvalue weighted by Crippen LogP contribution is 2.23. The maximum atomic E-state index is 11.3. The summed E-state index contributed by atoms with van der Waals surface area (Å²) in [5.74, 6) is -1.23. The van der Waals surface area contributed by atoms with Crippen LogP contribution < -0.4 is 5.11 Å². The van der Waals surface area contributed by atoms with Gasteiger partial charge in [0.1, 0.15) is 5.69 Å². The van der Waals surface area contributed by atoms with E-state index in [0.717, 1.165) is 16.8 Å². The van der Waals surface area contributed by atoms with Gasteiger partial charge in [0.2, 0.25) is 0 Å². The molecule has 1 heterocycles. The van der Waals surface area contributed by atoms with E-state index in [1.165, 1.54) is 6.20 Å². The number of carboxylic acids is 1. The van der Waals surface area contributed by atoms with Gasteiger partial charge in [-0.1, -0.05) is 48.0 Å². The third-order valence-electron chi connectivity index (χ3n) is 3.28. The summed E-state index contributed by atoms with van der Waals surface area (Å²) in [5.41, 5.74) is 3.17. The number of nitrogens with zero attached hydrogens (tertiary/aromatic N) is 2. The van der Waals surface area contributed by atoms with Crippen LogP contribution in [0.1, 0.15) is 15.9 Å². The second-order valence-electron chi connectivity index (χ2n) is 4.82. The zero-order chi connectivity index (χ0) is 14.8. The minimum absolute atomic E-state index is 0.0858. The van der Waals surface area contributed by atoms with Gasteiger partial charge >= 0.3 is 0 Å². The van der Waals surface area contributed by atoms with Crippen molar-refractivity contribution in [3.05, 3.63) is 71.9 Å². The molecule has 0 radical (unpaired) electrons. The molecule has 0 aliphatic carbocycles. The van der Waals surface area contributed by atoms with Gasteiger partial charge in [-0.2, -0.15) is 5.10 Å². The van der Waals surface area contributed by atoms with Crippen LogP contribution in [0.2, 0.25) is 0 Å². The lowest BCUT2D eigenvalue weighted by Gasteiger charge is -2.03. The maximum absolute atomic E-state index is 11.3. The Kier molecular flexibility index (Phi) is 3.28. The van der Waals surface area contributed by atoms with E-state index < -0.39 is 5.97 Å². The highest BCUT2D eigenvalue weighted by Gasteiger charge is 2.12. The van der Waals surface area contributed by atoms with Gasteiger partial charge in [0.25, 0.3) is 0 Å². The zero-order valence-electron chi connectivity index (χ0n) is 11.5. The van der Waals surface area contributed by atoms with Crippen molar-refractivity contribution in [1.82, 2.24) is 9.78 Å². The Morgan fingerprint density at radius 3 is 2.33 bits per heavy atom. The molecule has 0 bridgehead atoms. The molecule has 0 unspecified atom stereocenters. The predicted molar refractivity (Wildman–Crippen MR) is 78.1 cm³/mol. The highest BCUT2D eigenvalue weighted by molar-refractivity contribution is 5.93. The molecule has 0 saturated heterocycles. The Bertz CT molecular complexity index is 774. The summed E-state index contributed by atoms with van der Waals surface area (Å²) in [4.78, 5) is 11.3. The molecular formula is C17H13N2O2-. The number of aromatic nitrogens is 2. The molecule has 0 amide bonds. The van der Waals surface area contributed by atoms with E-state index >= 15 is 0 Å². The van der Waals surface area contributed by atoms with Crippen molar-refractivity contribution in [2.45, 2.75) is 6.92 Å². The van der Waals surface area contributed by atoms with Crippen LogP contribution in [0.25, 0.3) is 16.9 Å². The largest absolute Gasteiger partial charge is 0.545 e. The summed E-state index contributed by atoms with van der Waals surface area (Å²) in [5, 5.41) is 15.7. The Hall–Kier alpha value is -2.88. The second kappa shape index (κ2) is 5.25. The van der Waals surface area contributed by atoms with E-state index in [-0.39, 0.29) is 5.56 Å². The molecule has 21 heavy (non-hydrogen) atoms. The summed E-state index contributed by atoms with van der Waals surface area (Å²) in [6.07, 6.45) is 1.49. The number of benzene rings is 2. The molecule has 104 valence electrons. The normalized spacial score (nSPS) is 10.5. The van der Waals surface area contributed by atoms with E-state index in [4.69, 9.17) is 0 Å². The van der Waals surface area contributed by atoms with Crippen LogP contribution in [0.3, 0.4) is 0 Å². The summed E-state index contributed by atoms with van der Waals surface area (Å²) in [6, 6.07) is 17.0. The number of aromatic carboxylic acids is 1. The van der Waals surface area contributed by atoms with Crippen molar-refractivity contribution >= 4 is 5.97 Å². The molecule has 0 aliphatic rings. The third kappa shape index (κ3) is 2.56. The number of hydrogen-bond donors (Lipinski definition) is 0. The molecule has 3 aromatic rings. The SMILES string of the molecule is Cc1ccc(-c2nn(-c3ccccc3)cc2C(=O)[O-])cc1. The summed E-state index contributed by atoms with van der Waals surface area (Å²) in [7, 11) is 0. The van der Waals surface area contributed by atoms with Gasteiger partial charge in [0, 0.05) is 17.3 Å². The monoisotopic (exact) mass is 277 g/mol. The van der Waals surface area contributed by atoms with E-state index in [1.807, 2.05) is 61.5 Å². The van der Waals surface area contributed by atoms with Gasteiger partial charge in [0.15, 0.2) is 0 Å². The van der Waals surface area contributed by atoms with Crippen LogP contribution >= 0.6 is 0 Å². The van der Waals surface area contributed by atoms with Crippen LogP contribution in [-0.4, -0.2) is 15.7 Å². The lowest BCUT2D eigenvalue weighted by molar-refractivity contribution is -0.254. The minimum atomic E-state index is -1.23. The van der Waals surface area contributed by atoms with Gasteiger partial charge in [-0.05, 0) is 19.1 Å². The van der Waals surface area contributed by atoms with Crippen molar-refractivity contribution in [3.8, 4) is 16.9 Å². The Labute approximate surface area is 122 Å². The van der Waals surface area contributed by atoms with Crippen LogP contribution in [0.15, 0.2) is 60.8 Å². The molecule has 0 N–H and O–H groups in total. The van der Waals surface area contributed by atoms with Crippen molar-refractivity contribution < 1.29 is 9.90 Å². The third-order valence-corrected chi connectivity index (χ3v) is 3.28. The van der Waals surface area contributed by atoms with Crippen molar-refractivity contribution in [3.63, 3.8) is 0 Å². The first kappa shape index (κ1) is 13.1. The smallest absolute Gasteiger partial charge is 0.102 e. The number of rotatable bonds is 3. The van der Waals surface area contributed by atoms with E-state index in [2.05, 4.69) is 5.10 Å². The number of hydrogen-bond acceptors (Lipinski definition) is 3. The van der Waals surface area contributed by atoms with Crippen LogP contribution in [0.5, 0.6) is 0 Å². The van der Waals surface area contributed by atoms with E-state index in [0.29, 0.717) is 5.69 Å². The van der Waals surface area contributed by atoms with Crippen molar-refractivity contribution in [2.24, 2.45) is 0 Å². The first-order chi connectivity index (χ1) is 10.1. The van der Waals surface area contributed by atoms with Gasteiger partial charge in [0.05, 0.1) is 11.7 Å². The first-order valence-electron chi connectivity index (χ1n) is 6.58. The van der Waals surface area contributed by atoms with Gasteiger partial charge in [-0.3, -0.25) is 0 Å². The second-order valence-corrected chi connectivity index (χ2v) is 4.82. The Balaban J connectivity index is 2.14. The van der Waals surface area contributed by atoms with E-state index in [1.54, 1.807) is 4.68 Å². The first-order valence-corrected chi connectivity index (χ1v) is 6.58. The average molecular weight is 277 g/mol. The Morgan fingerprint density at radius 2 is 1.71 bits per heavy atom. The molecule has 2 aromatic carbocycles. The maximum Gasteiger partial charge on any atom is 0.102 e. The molecule has 3 rings (SSSR count). The highest BCUT2D eigenvalue weighted by atomic mass is 16.4. The average Bonchev–Trinajstić information content (AvgIpc) is 2.94. The fourth-order valence-corrected chi connectivity index (χ4v) is 2.16. The molecule has 4 heteroatoms. The number of carbonyl (C=O) groups excluding carboxylic acids is 1. The van der Waals surface area contributed by atoms with Crippen molar-refractivity contribution in [1.29, 1.82) is 0 Å². The van der Waals surface area contributed by atoms with Crippen LogP contribution in [0.4, 0.5) is 0 Å². The number of aryl methyl sites for hydroxylation is 1. The Morgan fingerprint density at radius 1 is 1.05 bits per heavy atom. The lowest BCUT2D eigenvalue weighted by atomic mass is 10.1. The van der Waals surface area contributed by atoms with Gasteiger partial charge in [-0.15, -0.1) is 0 Å². The molecule has 0 spiro atoms. The minimum Gasteiger partial charge on any atom is -0.545 e. The topological polar surface area (TPSA) is 58.0 Å². The molecule has 0 saturated carbocycles. The molecule has 0 aliphatic heterocycles. The fourth-order valence-electron chi connectivity index (χ4n) is 2.16. The molecule has 0 fully saturated rings. The van der Waals surface area contributed by atoms with Gasteiger partial charge < -0.3 is 9.90 Å². The van der Waals surface area contributed by atoms with Crippen LogP contribution in [-0.2, 0) is 0 Å². The number of carboxylic acid groups (broad SMARTS) is 1. The lowest BCUT2D eigenvalue weighted by Crippen LogP contribution is -2.22. The number of carbonyl (C=O) groups is 1. The standard InChI is InChI=1S/C17H14N2O2/c1-12-7-9-13(10-8-12)16-15(17(20)21)11-19(18-16)14-5-3-2-4-6-14/h2-11H,1H3,(H,20,21)/p-1. The molecule has 4 nitrogen and oxygen atoms in total.